The lowest BCUT2D eigenvalue weighted by Crippen LogP contribution is -1.99. The van der Waals surface area contributed by atoms with Crippen molar-refractivity contribution in [3.05, 3.63) is 35.1 Å². The van der Waals surface area contributed by atoms with Crippen molar-refractivity contribution in [1.82, 2.24) is 0 Å². The lowest BCUT2D eigenvalue weighted by molar-refractivity contribution is 0.124. The molecule has 0 unspecified atom stereocenters. The van der Waals surface area contributed by atoms with Gasteiger partial charge >= 0.3 is 0 Å². The van der Waals surface area contributed by atoms with Crippen molar-refractivity contribution in [2.75, 3.05) is 0 Å². The first-order valence-corrected chi connectivity index (χ1v) is 3.30. The average Bonchev–Trinajstić information content (AvgIpc) is 1.85. The molecule has 60 valence electrons. The molecule has 0 amide bonds. The molecule has 0 aliphatic carbocycles. The van der Waals surface area contributed by atoms with E-state index >= 15 is 0 Å². The van der Waals surface area contributed by atoms with Crippen LogP contribution in [0, 0.1) is 12.7 Å². The first kappa shape index (κ1) is 8.17. The molecule has 0 saturated heterocycles. The maximum Gasteiger partial charge on any atom is 0.123 e. The standard InChI is InChI=1S/C8H10FNO/c1-6-2-7(5-11-10)4-8(9)3-6/h2-4H,5,10H2,1H3. The minimum Gasteiger partial charge on any atom is -0.300 e. The Morgan fingerprint density at radius 2 is 2.18 bits per heavy atom. The van der Waals surface area contributed by atoms with Gasteiger partial charge in [0.05, 0.1) is 6.61 Å². The Balaban J connectivity index is 2.89. The molecule has 2 N–H and O–H groups in total. The zero-order valence-corrected chi connectivity index (χ0v) is 6.30. The third kappa shape index (κ3) is 2.29. The average molecular weight is 155 g/mol. The minimum atomic E-state index is -0.253. The van der Waals surface area contributed by atoms with Crippen molar-refractivity contribution >= 4 is 0 Å². The van der Waals surface area contributed by atoms with E-state index in [1.165, 1.54) is 12.1 Å². The molecule has 1 aromatic carbocycles. The second-order valence-corrected chi connectivity index (χ2v) is 2.45. The number of nitrogens with two attached hydrogens (primary N) is 1. The van der Waals surface area contributed by atoms with E-state index < -0.39 is 0 Å². The maximum absolute atomic E-state index is 12.7. The summed E-state index contributed by atoms with van der Waals surface area (Å²) in [6.07, 6.45) is 0. The van der Waals surface area contributed by atoms with E-state index in [0.29, 0.717) is 0 Å². The van der Waals surface area contributed by atoms with E-state index in [1.54, 1.807) is 0 Å². The SMILES string of the molecule is Cc1cc(F)cc(CON)c1. The summed E-state index contributed by atoms with van der Waals surface area (Å²) < 4.78 is 12.7. The molecule has 0 aromatic heterocycles. The first-order chi connectivity index (χ1) is 5.22. The summed E-state index contributed by atoms with van der Waals surface area (Å²) >= 11 is 0. The van der Waals surface area contributed by atoms with E-state index in [1.807, 2.05) is 13.0 Å². The van der Waals surface area contributed by atoms with Gasteiger partial charge in [0.15, 0.2) is 0 Å². The van der Waals surface area contributed by atoms with Crippen molar-refractivity contribution in [3.8, 4) is 0 Å². The first-order valence-electron chi connectivity index (χ1n) is 3.30. The van der Waals surface area contributed by atoms with Crippen molar-refractivity contribution in [2.45, 2.75) is 13.5 Å². The van der Waals surface area contributed by atoms with Crippen molar-refractivity contribution in [1.29, 1.82) is 0 Å². The summed E-state index contributed by atoms with van der Waals surface area (Å²) in [5.41, 5.74) is 1.63. The summed E-state index contributed by atoms with van der Waals surface area (Å²) in [6.45, 7) is 2.07. The van der Waals surface area contributed by atoms with Gasteiger partial charge in [0.2, 0.25) is 0 Å². The van der Waals surface area contributed by atoms with Crippen LogP contribution in [0.5, 0.6) is 0 Å². The lowest BCUT2D eigenvalue weighted by Gasteiger charge is -2.00. The van der Waals surface area contributed by atoms with Gasteiger partial charge in [-0.1, -0.05) is 6.07 Å². The van der Waals surface area contributed by atoms with Crippen LogP contribution >= 0.6 is 0 Å². The van der Waals surface area contributed by atoms with Gasteiger partial charge < -0.3 is 0 Å². The molecule has 0 radical (unpaired) electrons. The van der Waals surface area contributed by atoms with Crippen LogP contribution in [0.1, 0.15) is 11.1 Å². The van der Waals surface area contributed by atoms with Crippen LogP contribution in [0.2, 0.25) is 0 Å². The topological polar surface area (TPSA) is 35.2 Å². The Kier molecular flexibility index (Phi) is 2.57. The molecule has 0 saturated carbocycles. The van der Waals surface area contributed by atoms with E-state index in [0.717, 1.165) is 11.1 Å². The molecule has 1 aromatic rings. The Morgan fingerprint density at radius 3 is 2.73 bits per heavy atom. The van der Waals surface area contributed by atoms with Gasteiger partial charge in [-0.15, -0.1) is 0 Å². The molecule has 0 fully saturated rings. The zero-order valence-electron chi connectivity index (χ0n) is 6.30. The number of hydrogen-bond donors (Lipinski definition) is 1. The zero-order chi connectivity index (χ0) is 8.27. The number of rotatable bonds is 2. The van der Waals surface area contributed by atoms with Gasteiger partial charge in [0.25, 0.3) is 0 Å². The largest absolute Gasteiger partial charge is 0.300 e. The molecule has 0 bridgehead atoms. The van der Waals surface area contributed by atoms with Gasteiger partial charge in [0, 0.05) is 0 Å². The van der Waals surface area contributed by atoms with Gasteiger partial charge in [-0.05, 0) is 30.2 Å². The van der Waals surface area contributed by atoms with Gasteiger partial charge in [0.1, 0.15) is 5.82 Å². The van der Waals surface area contributed by atoms with E-state index in [9.17, 15) is 4.39 Å². The lowest BCUT2D eigenvalue weighted by atomic mass is 10.1. The highest BCUT2D eigenvalue weighted by atomic mass is 19.1. The second-order valence-electron chi connectivity index (χ2n) is 2.45. The fourth-order valence-electron chi connectivity index (χ4n) is 0.992. The molecule has 0 spiro atoms. The second kappa shape index (κ2) is 3.46. The predicted octanol–water partition coefficient (Wildman–Crippen LogP) is 1.52. The number of hydrogen-bond acceptors (Lipinski definition) is 2. The molecule has 0 aliphatic rings. The van der Waals surface area contributed by atoms with Crippen LogP contribution in [-0.4, -0.2) is 0 Å². The number of benzene rings is 1. The van der Waals surface area contributed by atoms with Crippen LogP contribution < -0.4 is 5.90 Å². The van der Waals surface area contributed by atoms with Gasteiger partial charge in [-0.25, -0.2) is 10.3 Å². The molecule has 0 heterocycles. The van der Waals surface area contributed by atoms with Crippen molar-refractivity contribution in [3.63, 3.8) is 0 Å². The van der Waals surface area contributed by atoms with E-state index in [-0.39, 0.29) is 12.4 Å². The monoisotopic (exact) mass is 155 g/mol. The molecule has 0 atom stereocenters. The Bertz CT molecular complexity index is 230. The highest BCUT2D eigenvalue weighted by Crippen LogP contribution is 2.08. The fraction of sp³-hybridized carbons (Fsp3) is 0.250. The third-order valence-corrected chi connectivity index (χ3v) is 1.35. The third-order valence-electron chi connectivity index (χ3n) is 1.35. The van der Waals surface area contributed by atoms with E-state index in [2.05, 4.69) is 4.84 Å². The Labute approximate surface area is 64.7 Å². The number of aryl methyl sites for hydroxylation is 1. The minimum absolute atomic E-state index is 0.249. The van der Waals surface area contributed by atoms with E-state index in [4.69, 9.17) is 5.90 Å². The molecular formula is C8H10FNO. The van der Waals surface area contributed by atoms with Crippen LogP contribution in [0.15, 0.2) is 18.2 Å². The fourth-order valence-corrected chi connectivity index (χ4v) is 0.992. The Hall–Kier alpha value is -0.930. The summed E-state index contributed by atoms with van der Waals surface area (Å²) in [5, 5.41) is 0. The molecule has 2 nitrogen and oxygen atoms in total. The summed E-state index contributed by atoms with van der Waals surface area (Å²) in [6, 6.07) is 4.69. The maximum atomic E-state index is 12.7. The van der Waals surface area contributed by atoms with Gasteiger partial charge in [-0.3, -0.25) is 4.84 Å². The summed E-state index contributed by atoms with van der Waals surface area (Å²) in [7, 11) is 0. The van der Waals surface area contributed by atoms with Crippen LogP contribution in [0.25, 0.3) is 0 Å². The molecule has 0 aliphatic heterocycles. The smallest absolute Gasteiger partial charge is 0.123 e. The molecule has 3 heteroatoms. The quantitative estimate of drug-likeness (QED) is 0.657. The molecule has 1 rings (SSSR count). The van der Waals surface area contributed by atoms with Crippen LogP contribution in [-0.2, 0) is 11.4 Å². The van der Waals surface area contributed by atoms with Crippen LogP contribution in [0.3, 0.4) is 0 Å². The summed E-state index contributed by atoms with van der Waals surface area (Å²) in [5.74, 6) is 4.59. The highest BCUT2D eigenvalue weighted by Gasteiger charge is 1.96. The van der Waals surface area contributed by atoms with Gasteiger partial charge in [-0.2, -0.15) is 0 Å². The number of halogens is 1. The van der Waals surface area contributed by atoms with Crippen molar-refractivity contribution < 1.29 is 9.23 Å². The molecular weight excluding hydrogens is 145 g/mol. The molecule has 11 heavy (non-hydrogen) atoms. The normalized spacial score (nSPS) is 10.1. The predicted molar refractivity (Wildman–Crippen MR) is 40.1 cm³/mol. The van der Waals surface area contributed by atoms with Crippen molar-refractivity contribution in [2.24, 2.45) is 5.90 Å². The Morgan fingerprint density at radius 1 is 1.45 bits per heavy atom. The van der Waals surface area contributed by atoms with Crippen LogP contribution in [0.4, 0.5) is 4.39 Å². The highest BCUT2D eigenvalue weighted by molar-refractivity contribution is 5.22. The summed E-state index contributed by atoms with van der Waals surface area (Å²) in [4.78, 5) is 4.37.